The van der Waals surface area contributed by atoms with Gasteiger partial charge in [-0.05, 0) is 18.2 Å². The zero-order valence-electron chi connectivity index (χ0n) is 13.7. The van der Waals surface area contributed by atoms with E-state index in [1.54, 1.807) is 18.5 Å². The summed E-state index contributed by atoms with van der Waals surface area (Å²) in [7, 11) is 0. The molecule has 1 aromatic carbocycles. The Morgan fingerprint density at radius 1 is 1.19 bits per heavy atom. The van der Waals surface area contributed by atoms with Crippen LogP contribution >= 0.6 is 11.3 Å². The summed E-state index contributed by atoms with van der Waals surface area (Å²) in [6, 6.07) is 4.71. The van der Waals surface area contributed by atoms with E-state index in [4.69, 9.17) is 4.74 Å². The molecule has 26 heavy (non-hydrogen) atoms. The molecule has 0 unspecified atom stereocenters. The second-order valence-electron chi connectivity index (χ2n) is 5.71. The van der Waals surface area contributed by atoms with Gasteiger partial charge in [0.05, 0.1) is 28.4 Å². The van der Waals surface area contributed by atoms with Crippen molar-refractivity contribution in [3.8, 4) is 0 Å². The van der Waals surface area contributed by atoms with Crippen molar-refractivity contribution in [2.45, 2.75) is 0 Å². The molecule has 0 amide bonds. The van der Waals surface area contributed by atoms with Crippen LogP contribution in [0.2, 0.25) is 0 Å². The number of hydrogen-bond donors (Lipinski definition) is 0. The van der Waals surface area contributed by atoms with Crippen LogP contribution in [0.15, 0.2) is 30.6 Å². The highest BCUT2D eigenvalue weighted by atomic mass is 32.1. The molecular formula is C17H15N5O3S. The van der Waals surface area contributed by atoms with Crippen molar-refractivity contribution in [2.24, 2.45) is 0 Å². The lowest BCUT2D eigenvalue weighted by Crippen LogP contribution is -2.37. The molecule has 0 bridgehead atoms. The first-order valence-corrected chi connectivity index (χ1v) is 8.88. The minimum Gasteiger partial charge on any atom is -0.378 e. The molecule has 0 radical (unpaired) electrons. The summed E-state index contributed by atoms with van der Waals surface area (Å²) in [5, 5.41) is 11.6. The molecule has 3 heterocycles. The number of nitro benzene ring substituents is 1. The number of nitro groups is 1. The second kappa shape index (κ2) is 7.14. The zero-order valence-corrected chi connectivity index (χ0v) is 14.6. The van der Waals surface area contributed by atoms with Gasteiger partial charge in [-0.15, -0.1) is 11.3 Å². The number of hydrogen-bond acceptors (Lipinski definition) is 8. The molecule has 1 fully saturated rings. The second-order valence-corrected chi connectivity index (χ2v) is 6.77. The Morgan fingerprint density at radius 2 is 1.96 bits per heavy atom. The van der Waals surface area contributed by atoms with E-state index in [1.807, 2.05) is 12.2 Å². The minimum atomic E-state index is -0.415. The number of nitrogens with zero attached hydrogens (tertiary/aromatic N) is 5. The van der Waals surface area contributed by atoms with E-state index >= 15 is 0 Å². The maximum atomic E-state index is 10.8. The molecule has 9 heteroatoms. The standard InChI is InChI=1S/C17H15N5O3S/c23-22(24)13-2-3-15-14(9-13)20-16(26-15)4-1-12-10-18-17(19-11-12)21-5-7-25-8-6-21/h1-4,9-11H,5-8H2/b4-1+. The number of anilines is 1. The quantitative estimate of drug-likeness (QED) is 0.515. The van der Waals surface area contributed by atoms with Gasteiger partial charge in [-0.25, -0.2) is 15.0 Å². The summed E-state index contributed by atoms with van der Waals surface area (Å²) in [5.41, 5.74) is 1.54. The Kier molecular flexibility index (Phi) is 4.55. The molecule has 1 aliphatic rings. The van der Waals surface area contributed by atoms with Crippen molar-refractivity contribution in [3.05, 3.63) is 51.3 Å². The van der Waals surface area contributed by atoms with Crippen LogP contribution in [0.3, 0.4) is 0 Å². The van der Waals surface area contributed by atoms with Crippen molar-refractivity contribution in [3.63, 3.8) is 0 Å². The summed E-state index contributed by atoms with van der Waals surface area (Å²) in [4.78, 5) is 25.8. The fraction of sp³-hybridized carbons (Fsp3) is 0.235. The van der Waals surface area contributed by atoms with Gasteiger partial charge in [0.2, 0.25) is 5.95 Å². The lowest BCUT2D eigenvalue weighted by molar-refractivity contribution is -0.384. The average Bonchev–Trinajstić information content (AvgIpc) is 3.09. The number of benzene rings is 1. The third kappa shape index (κ3) is 3.53. The molecule has 3 aromatic rings. The Balaban J connectivity index is 1.50. The molecule has 2 aromatic heterocycles. The van der Waals surface area contributed by atoms with Gasteiger partial charge in [0.15, 0.2) is 0 Å². The average molecular weight is 369 g/mol. The number of aromatic nitrogens is 3. The van der Waals surface area contributed by atoms with E-state index in [9.17, 15) is 10.1 Å². The first kappa shape index (κ1) is 16.6. The Morgan fingerprint density at radius 3 is 2.69 bits per heavy atom. The van der Waals surface area contributed by atoms with Crippen LogP contribution in [0.25, 0.3) is 22.4 Å². The maximum Gasteiger partial charge on any atom is 0.271 e. The zero-order chi connectivity index (χ0) is 17.9. The van der Waals surface area contributed by atoms with Crippen molar-refractivity contribution in [1.29, 1.82) is 0 Å². The molecule has 8 nitrogen and oxygen atoms in total. The highest BCUT2D eigenvalue weighted by Gasteiger charge is 2.13. The molecule has 0 saturated carbocycles. The number of thiazole rings is 1. The van der Waals surface area contributed by atoms with Crippen LogP contribution in [0, 0.1) is 10.1 Å². The SMILES string of the molecule is O=[N+]([O-])c1ccc2sc(/C=C/c3cnc(N4CCOCC4)nc3)nc2c1. The van der Waals surface area contributed by atoms with Crippen molar-refractivity contribution in [1.82, 2.24) is 15.0 Å². The third-order valence-electron chi connectivity index (χ3n) is 3.97. The fourth-order valence-corrected chi connectivity index (χ4v) is 3.48. The number of fused-ring (bicyclic) bond motifs is 1. The molecule has 0 aliphatic carbocycles. The van der Waals surface area contributed by atoms with Gasteiger partial charge in [-0.2, -0.15) is 0 Å². The van der Waals surface area contributed by atoms with E-state index in [0.29, 0.717) is 24.7 Å². The summed E-state index contributed by atoms with van der Waals surface area (Å²) in [6.45, 7) is 2.99. The molecular weight excluding hydrogens is 354 g/mol. The number of non-ortho nitro benzene ring substituents is 1. The summed E-state index contributed by atoms with van der Waals surface area (Å²) >= 11 is 1.48. The van der Waals surface area contributed by atoms with Gasteiger partial charge in [0.25, 0.3) is 5.69 Å². The first-order valence-electron chi connectivity index (χ1n) is 8.07. The molecule has 4 rings (SSSR count). The maximum absolute atomic E-state index is 10.8. The Hall–Kier alpha value is -2.91. The number of morpholine rings is 1. The largest absolute Gasteiger partial charge is 0.378 e. The van der Waals surface area contributed by atoms with E-state index in [-0.39, 0.29) is 5.69 Å². The van der Waals surface area contributed by atoms with E-state index in [0.717, 1.165) is 28.4 Å². The fourth-order valence-electron chi connectivity index (χ4n) is 2.63. The first-order chi connectivity index (χ1) is 12.7. The van der Waals surface area contributed by atoms with Crippen molar-refractivity contribution >= 4 is 45.3 Å². The van der Waals surface area contributed by atoms with Gasteiger partial charge >= 0.3 is 0 Å². The van der Waals surface area contributed by atoms with Crippen molar-refractivity contribution in [2.75, 3.05) is 31.2 Å². The smallest absolute Gasteiger partial charge is 0.271 e. The molecule has 0 atom stereocenters. The third-order valence-corrected chi connectivity index (χ3v) is 4.97. The van der Waals surface area contributed by atoms with E-state index in [1.165, 1.54) is 23.5 Å². The normalized spacial score (nSPS) is 15.0. The van der Waals surface area contributed by atoms with Gasteiger partial charge in [0.1, 0.15) is 5.01 Å². The van der Waals surface area contributed by atoms with Crippen LogP contribution in [0.1, 0.15) is 10.6 Å². The number of rotatable bonds is 4. The van der Waals surface area contributed by atoms with Crippen LogP contribution in [-0.2, 0) is 4.74 Å². The predicted octanol–water partition coefficient (Wildman–Crippen LogP) is 3.00. The van der Waals surface area contributed by atoms with Crippen LogP contribution < -0.4 is 4.90 Å². The summed E-state index contributed by atoms with van der Waals surface area (Å²) in [5.74, 6) is 0.706. The molecule has 0 spiro atoms. The van der Waals surface area contributed by atoms with Crippen LogP contribution in [0.5, 0.6) is 0 Å². The van der Waals surface area contributed by atoms with Crippen LogP contribution in [-0.4, -0.2) is 46.2 Å². The predicted molar refractivity (Wildman–Crippen MR) is 100 cm³/mol. The van der Waals surface area contributed by atoms with Gasteiger partial charge in [-0.1, -0.05) is 0 Å². The highest BCUT2D eigenvalue weighted by Crippen LogP contribution is 2.27. The molecule has 1 aliphatic heterocycles. The van der Waals surface area contributed by atoms with Gasteiger partial charge in [0, 0.05) is 43.2 Å². The molecule has 1 saturated heterocycles. The molecule has 0 N–H and O–H groups in total. The lowest BCUT2D eigenvalue weighted by atomic mass is 10.3. The Labute approximate surface area is 152 Å². The monoisotopic (exact) mass is 369 g/mol. The minimum absolute atomic E-state index is 0.0467. The summed E-state index contributed by atoms with van der Waals surface area (Å²) < 4.78 is 6.24. The van der Waals surface area contributed by atoms with Gasteiger partial charge in [-0.3, -0.25) is 10.1 Å². The topological polar surface area (TPSA) is 94.3 Å². The Bertz CT molecular complexity index is 964. The van der Waals surface area contributed by atoms with E-state index in [2.05, 4.69) is 19.9 Å². The highest BCUT2D eigenvalue weighted by molar-refractivity contribution is 7.19. The summed E-state index contributed by atoms with van der Waals surface area (Å²) in [6.07, 6.45) is 7.29. The molecule has 132 valence electrons. The van der Waals surface area contributed by atoms with Crippen LogP contribution in [0.4, 0.5) is 11.6 Å². The van der Waals surface area contributed by atoms with Crippen molar-refractivity contribution < 1.29 is 9.66 Å². The van der Waals surface area contributed by atoms with E-state index < -0.39 is 4.92 Å². The lowest BCUT2D eigenvalue weighted by Gasteiger charge is -2.26. The number of ether oxygens (including phenoxy) is 1. The van der Waals surface area contributed by atoms with Gasteiger partial charge < -0.3 is 9.64 Å².